The fraction of sp³-hybridized carbons (Fsp3) is 0.350. The van der Waals surface area contributed by atoms with Crippen LogP contribution in [0.3, 0.4) is 0 Å². The molecule has 9 nitrogen and oxygen atoms in total. The Morgan fingerprint density at radius 3 is 2.69 bits per heavy atom. The van der Waals surface area contributed by atoms with Gasteiger partial charge in [-0.2, -0.15) is 5.10 Å². The molecule has 1 aromatic carbocycles. The second-order valence-corrected chi connectivity index (χ2v) is 7.11. The normalized spacial score (nSPS) is 11.1. The molecule has 0 radical (unpaired) electrons. The van der Waals surface area contributed by atoms with E-state index in [1.54, 1.807) is 22.9 Å². The minimum Gasteiger partial charge on any atom is -0.378 e. The number of aryl methyl sites for hydroxylation is 2. The van der Waals surface area contributed by atoms with Crippen molar-refractivity contribution in [3.8, 4) is 0 Å². The minimum absolute atomic E-state index is 0.00206. The average Bonchev–Trinajstić information content (AvgIpc) is 2.98. The maximum Gasteiger partial charge on any atom is 0.292 e. The lowest BCUT2D eigenvalue weighted by Gasteiger charge is -2.11. The quantitative estimate of drug-likeness (QED) is 0.360. The van der Waals surface area contributed by atoms with Gasteiger partial charge in [0.2, 0.25) is 0 Å². The van der Waals surface area contributed by atoms with Gasteiger partial charge in [0.15, 0.2) is 5.65 Å². The Kier molecular flexibility index (Phi) is 5.76. The fourth-order valence-electron chi connectivity index (χ4n) is 3.19. The van der Waals surface area contributed by atoms with Crippen LogP contribution in [0.15, 0.2) is 30.3 Å². The van der Waals surface area contributed by atoms with Gasteiger partial charge in [-0.05, 0) is 25.0 Å². The van der Waals surface area contributed by atoms with E-state index < -0.39 is 4.92 Å². The number of fused-ring (bicyclic) bond motifs is 1. The first kappa shape index (κ1) is 20.2. The van der Waals surface area contributed by atoms with Gasteiger partial charge in [-0.1, -0.05) is 26.0 Å². The van der Waals surface area contributed by atoms with Crippen LogP contribution < -0.4 is 10.6 Å². The Morgan fingerprint density at radius 2 is 2.00 bits per heavy atom. The molecule has 29 heavy (non-hydrogen) atoms. The number of nitrogens with zero attached hydrogens (tertiary/aromatic N) is 4. The Morgan fingerprint density at radius 1 is 1.28 bits per heavy atom. The number of para-hydroxylation sites is 2. The lowest BCUT2D eigenvalue weighted by atomic mass is 10.0. The summed E-state index contributed by atoms with van der Waals surface area (Å²) in [5, 5.41) is 22.1. The molecule has 152 valence electrons. The Bertz CT molecular complexity index is 1070. The summed E-state index contributed by atoms with van der Waals surface area (Å²) in [4.78, 5) is 28.2. The van der Waals surface area contributed by atoms with Crippen LogP contribution in [0, 0.1) is 17.0 Å². The number of hydrogen-bond donors (Lipinski definition) is 2. The van der Waals surface area contributed by atoms with E-state index in [1.165, 1.54) is 6.07 Å². The van der Waals surface area contributed by atoms with Crippen LogP contribution in [0.25, 0.3) is 11.0 Å². The summed E-state index contributed by atoms with van der Waals surface area (Å²) in [5.74, 6) is -0.0544. The van der Waals surface area contributed by atoms with Crippen molar-refractivity contribution in [2.24, 2.45) is 7.05 Å². The molecule has 1 amide bonds. The van der Waals surface area contributed by atoms with Crippen LogP contribution in [-0.2, 0) is 7.05 Å². The number of aromatic nitrogens is 3. The van der Waals surface area contributed by atoms with Crippen molar-refractivity contribution in [2.45, 2.75) is 26.7 Å². The number of nitro groups is 1. The third-order valence-electron chi connectivity index (χ3n) is 4.65. The molecule has 0 aliphatic carbocycles. The lowest BCUT2D eigenvalue weighted by Crippen LogP contribution is -2.29. The minimum atomic E-state index is -0.437. The zero-order valence-corrected chi connectivity index (χ0v) is 16.9. The summed E-state index contributed by atoms with van der Waals surface area (Å²) in [5.41, 5.74) is 3.20. The van der Waals surface area contributed by atoms with Crippen molar-refractivity contribution in [2.75, 3.05) is 18.4 Å². The maximum absolute atomic E-state index is 12.9. The number of benzene rings is 1. The SMILES string of the molecule is Cc1nn(C)c2nc(C(C)C)cc(C(=O)NCCNc3ccccc3[N+](=O)[O-])c12. The Balaban J connectivity index is 1.75. The average molecular weight is 396 g/mol. The third-order valence-corrected chi connectivity index (χ3v) is 4.65. The second kappa shape index (κ2) is 8.26. The monoisotopic (exact) mass is 396 g/mol. The summed E-state index contributed by atoms with van der Waals surface area (Å²) < 4.78 is 1.68. The largest absolute Gasteiger partial charge is 0.378 e. The van der Waals surface area contributed by atoms with Gasteiger partial charge in [-0.25, -0.2) is 4.98 Å². The molecule has 0 saturated carbocycles. The van der Waals surface area contributed by atoms with Crippen molar-refractivity contribution in [1.82, 2.24) is 20.1 Å². The van der Waals surface area contributed by atoms with E-state index in [-0.39, 0.29) is 17.5 Å². The van der Waals surface area contributed by atoms with E-state index in [0.29, 0.717) is 30.0 Å². The smallest absolute Gasteiger partial charge is 0.292 e. The number of pyridine rings is 1. The van der Waals surface area contributed by atoms with Gasteiger partial charge in [0.25, 0.3) is 11.6 Å². The number of nitrogens with one attached hydrogen (secondary N) is 2. The van der Waals surface area contributed by atoms with Crippen LogP contribution in [0.1, 0.15) is 41.5 Å². The molecule has 0 saturated heterocycles. The number of amides is 1. The summed E-state index contributed by atoms with van der Waals surface area (Å²) in [6, 6.07) is 8.22. The molecule has 0 fully saturated rings. The van der Waals surface area contributed by atoms with Crippen LogP contribution in [0.4, 0.5) is 11.4 Å². The van der Waals surface area contributed by atoms with Crippen LogP contribution >= 0.6 is 0 Å². The molecule has 9 heteroatoms. The summed E-state index contributed by atoms with van der Waals surface area (Å²) >= 11 is 0. The zero-order chi connectivity index (χ0) is 21.1. The Hall–Kier alpha value is -3.49. The molecule has 0 spiro atoms. The van der Waals surface area contributed by atoms with Gasteiger partial charge in [0, 0.05) is 31.9 Å². The maximum atomic E-state index is 12.9. The highest BCUT2D eigenvalue weighted by molar-refractivity contribution is 6.06. The standard InChI is InChI=1S/C20H24N6O3/c1-12(2)16-11-14(18-13(3)24-25(4)19(18)23-16)20(27)22-10-9-21-15-7-5-6-8-17(15)26(28)29/h5-8,11-12,21H,9-10H2,1-4H3,(H,22,27). The summed E-state index contributed by atoms with van der Waals surface area (Å²) in [6.07, 6.45) is 0. The van der Waals surface area contributed by atoms with E-state index in [1.807, 2.05) is 33.9 Å². The van der Waals surface area contributed by atoms with E-state index in [9.17, 15) is 14.9 Å². The van der Waals surface area contributed by atoms with Gasteiger partial charge in [-0.3, -0.25) is 19.6 Å². The molecule has 2 heterocycles. The number of anilines is 1. The summed E-state index contributed by atoms with van der Waals surface area (Å²) in [7, 11) is 1.81. The van der Waals surface area contributed by atoms with E-state index in [0.717, 1.165) is 16.8 Å². The highest BCUT2D eigenvalue weighted by atomic mass is 16.6. The third kappa shape index (κ3) is 4.18. The number of carbonyl (C=O) groups is 1. The van der Waals surface area contributed by atoms with Gasteiger partial charge in [0.1, 0.15) is 5.69 Å². The molecule has 0 atom stereocenters. The van der Waals surface area contributed by atoms with Crippen LogP contribution in [0.2, 0.25) is 0 Å². The molecule has 2 N–H and O–H groups in total. The summed E-state index contributed by atoms with van der Waals surface area (Å²) in [6.45, 7) is 6.57. The first-order chi connectivity index (χ1) is 13.8. The number of hydrogen-bond acceptors (Lipinski definition) is 6. The van der Waals surface area contributed by atoms with Crippen molar-refractivity contribution in [3.05, 3.63) is 57.4 Å². The molecule has 3 aromatic rings. The van der Waals surface area contributed by atoms with E-state index in [4.69, 9.17) is 0 Å². The molecule has 0 aliphatic heterocycles. The van der Waals surface area contributed by atoms with Gasteiger partial charge in [-0.15, -0.1) is 0 Å². The number of nitro benzene ring substituents is 1. The zero-order valence-electron chi connectivity index (χ0n) is 16.9. The van der Waals surface area contributed by atoms with Crippen molar-refractivity contribution >= 4 is 28.3 Å². The van der Waals surface area contributed by atoms with Crippen molar-refractivity contribution in [1.29, 1.82) is 0 Å². The lowest BCUT2D eigenvalue weighted by molar-refractivity contribution is -0.384. The molecule has 0 unspecified atom stereocenters. The first-order valence-electron chi connectivity index (χ1n) is 9.39. The van der Waals surface area contributed by atoms with Crippen LogP contribution in [0.5, 0.6) is 0 Å². The highest BCUT2D eigenvalue weighted by Gasteiger charge is 2.19. The van der Waals surface area contributed by atoms with Crippen molar-refractivity contribution < 1.29 is 9.72 Å². The predicted octanol–water partition coefficient (Wildman–Crippen LogP) is 3.15. The highest BCUT2D eigenvalue weighted by Crippen LogP contribution is 2.25. The molecular formula is C20H24N6O3. The molecule has 0 aliphatic rings. The molecule has 2 aromatic heterocycles. The Labute approximate surface area is 168 Å². The fourth-order valence-corrected chi connectivity index (χ4v) is 3.19. The van der Waals surface area contributed by atoms with E-state index >= 15 is 0 Å². The van der Waals surface area contributed by atoms with Crippen LogP contribution in [-0.4, -0.2) is 38.7 Å². The topological polar surface area (TPSA) is 115 Å². The van der Waals surface area contributed by atoms with E-state index in [2.05, 4.69) is 20.7 Å². The number of carbonyl (C=O) groups excluding carboxylic acids is 1. The van der Waals surface area contributed by atoms with Gasteiger partial charge in [0.05, 0.1) is 21.6 Å². The molecule has 3 rings (SSSR count). The molecular weight excluding hydrogens is 372 g/mol. The number of rotatable bonds is 7. The van der Waals surface area contributed by atoms with Gasteiger partial charge < -0.3 is 10.6 Å². The van der Waals surface area contributed by atoms with Gasteiger partial charge >= 0.3 is 0 Å². The van der Waals surface area contributed by atoms with Crippen molar-refractivity contribution in [3.63, 3.8) is 0 Å². The predicted molar refractivity (Wildman–Crippen MR) is 111 cm³/mol. The first-order valence-corrected chi connectivity index (χ1v) is 9.39. The molecule has 0 bridgehead atoms. The second-order valence-electron chi connectivity index (χ2n) is 7.11.